The van der Waals surface area contributed by atoms with Gasteiger partial charge in [-0.2, -0.15) is 0 Å². The molecule has 0 heterocycles. The molecule has 0 radical (unpaired) electrons. The van der Waals surface area contributed by atoms with E-state index in [1.807, 2.05) is 19.9 Å². The van der Waals surface area contributed by atoms with Gasteiger partial charge in [0.15, 0.2) is 0 Å². The van der Waals surface area contributed by atoms with E-state index in [0.29, 0.717) is 16.9 Å². The molecule has 0 aromatic heterocycles. The Morgan fingerprint density at radius 2 is 1.95 bits per heavy atom. The van der Waals surface area contributed by atoms with Crippen LogP contribution in [0.5, 0.6) is 5.75 Å². The number of halogens is 3. The minimum atomic E-state index is -0.950. The topological polar surface area (TPSA) is 29.5 Å². The molecule has 0 amide bonds. The van der Waals surface area contributed by atoms with Crippen molar-refractivity contribution in [3.8, 4) is 5.75 Å². The number of aliphatic hydroxyl groups excluding tert-OH is 1. The van der Waals surface area contributed by atoms with E-state index in [1.165, 1.54) is 18.2 Å². The van der Waals surface area contributed by atoms with Gasteiger partial charge in [-0.15, -0.1) is 0 Å². The van der Waals surface area contributed by atoms with Gasteiger partial charge in [-0.25, -0.2) is 4.39 Å². The SMILES string of the molecule is COc1c(C)cc(Br)c(C)c1C(O)c1ccc(F)c(Cl)c1. The van der Waals surface area contributed by atoms with E-state index in [1.54, 1.807) is 7.11 Å². The minimum Gasteiger partial charge on any atom is -0.496 e. The largest absolute Gasteiger partial charge is 0.496 e. The maximum Gasteiger partial charge on any atom is 0.141 e. The molecule has 2 nitrogen and oxygen atoms in total. The van der Waals surface area contributed by atoms with Crippen molar-refractivity contribution in [3.63, 3.8) is 0 Å². The Morgan fingerprint density at radius 3 is 2.52 bits per heavy atom. The number of hydrogen-bond acceptors (Lipinski definition) is 2. The number of aryl methyl sites for hydroxylation is 1. The van der Waals surface area contributed by atoms with Crippen LogP contribution in [0.15, 0.2) is 28.7 Å². The average Bonchev–Trinajstić information content (AvgIpc) is 2.44. The second-order valence-electron chi connectivity index (χ2n) is 4.82. The van der Waals surface area contributed by atoms with Crippen molar-refractivity contribution in [2.45, 2.75) is 20.0 Å². The van der Waals surface area contributed by atoms with Gasteiger partial charge in [0.25, 0.3) is 0 Å². The Balaban J connectivity index is 2.62. The molecule has 0 bridgehead atoms. The molecule has 112 valence electrons. The van der Waals surface area contributed by atoms with Crippen LogP contribution in [-0.2, 0) is 0 Å². The summed E-state index contributed by atoms with van der Waals surface area (Å²) in [5, 5.41) is 10.6. The average molecular weight is 374 g/mol. The fourth-order valence-electron chi connectivity index (χ4n) is 2.32. The summed E-state index contributed by atoms with van der Waals surface area (Å²) >= 11 is 9.27. The van der Waals surface area contributed by atoms with Crippen LogP contribution in [-0.4, -0.2) is 12.2 Å². The number of ether oxygens (including phenoxy) is 1. The van der Waals surface area contributed by atoms with Gasteiger partial charge in [0.1, 0.15) is 17.7 Å². The van der Waals surface area contributed by atoms with E-state index in [9.17, 15) is 9.50 Å². The van der Waals surface area contributed by atoms with E-state index >= 15 is 0 Å². The highest BCUT2D eigenvalue weighted by Gasteiger charge is 2.22. The third-order valence-electron chi connectivity index (χ3n) is 3.45. The first-order valence-electron chi connectivity index (χ1n) is 6.33. The van der Waals surface area contributed by atoms with Crippen molar-refractivity contribution < 1.29 is 14.2 Å². The minimum absolute atomic E-state index is 0.0186. The Bertz CT molecular complexity index is 688. The zero-order valence-electron chi connectivity index (χ0n) is 11.9. The van der Waals surface area contributed by atoms with Crippen LogP contribution in [0.4, 0.5) is 4.39 Å². The van der Waals surface area contributed by atoms with Crippen molar-refractivity contribution in [2.75, 3.05) is 7.11 Å². The van der Waals surface area contributed by atoms with Crippen LogP contribution in [0.2, 0.25) is 5.02 Å². The molecule has 0 aliphatic heterocycles. The Morgan fingerprint density at radius 1 is 1.29 bits per heavy atom. The van der Waals surface area contributed by atoms with Gasteiger partial charge in [0, 0.05) is 10.0 Å². The van der Waals surface area contributed by atoms with Gasteiger partial charge >= 0.3 is 0 Å². The normalized spacial score (nSPS) is 12.3. The lowest BCUT2D eigenvalue weighted by atomic mass is 9.94. The van der Waals surface area contributed by atoms with Crippen molar-refractivity contribution in [1.82, 2.24) is 0 Å². The summed E-state index contributed by atoms with van der Waals surface area (Å²) in [6.07, 6.45) is -0.950. The summed E-state index contributed by atoms with van der Waals surface area (Å²) in [6.45, 7) is 3.78. The molecular weight excluding hydrogens is 359 g/mol. The summed E-state index contributed by atoms with van der Waals surface area (Å²) in [6, 6.07) is 6.12. The van der Waals surface area contributed by atoms with Crippen LogP contribution in [0.25, 0.3) is 0 Å². The Hall–Kier alpha value is -1.10. The Labute approximate surface area is 136 Å². The second-order valence-corrected chi connectivity index (χ2v) is 6.08. The van der Waals surface area contributed by atoms with Gasteiger partial charge in [-0.1, -0.05) is 33.6 Å². The van der Waals surface area contributed by atoms with Gasteiger partial charge in [-0.3, -0.25) is 0 Å². The third-order valence-corrected chi connectivity index (χ3v) is 4.56. The molecule has 1 N–H and O–H groups in total. The maximum atomic E-state index is 13.3. The van der Waals surface area contributed by atoms with E-state index < -0.39 is 11.9 Å². The predicted molar refractivity (Wildman–Crippen MR) is 85.6 cm³/mol. The summed E-state index contributed by atoms with van der Waals surface area (Å²) in [4.78, 5) is 0. The number of benzene rings is 2. The molecular formula is C16H15BrClFO2. The van der Waals surface area contributed by atoms with Gasteiger partial charge in [0.2, 0.25) is 0 Å². The molecule has 2 aromatic rings. The second kappa shape index (κ2) is 6.34. The van der Waals surface area contributed by atoms with Crippen LogP contribution < -0.4 is 4.74 Å². The van der Waals surface area contributed by atoms with E-state index in [2.05, 4.69) is 15.9 Å². The smallest absolute Gasteiger partial charge is 0.141 e. The molecule has 5 heteroatoms. The summed E-state index contributed by atoms with van der Waals surface area (Å²) in [5.74, 6) is 0.102. The molecule has 0 aliphatic rings. The molecule has 0 fully saturated rings. The maximum absolute atomic E-state index is 13.3. The number of rotatable bonds is 3. The first-order valence-corrected chi connectivity index (χ1v) is 7.50. The summed E-state index contributed by atoms with van der Waals surface area (Å²) < 4.78 is 19.6. The first kappa shape index (κ1) is 16.3. The molecule has 1 unspecified atom stereocenters. The van der Waals surface area contributed by atoms with Crippen molar-refractivity contribution >= 4 is 27.5 Å². The van der Waals surface area contributed by atoms with E-state index in [0.717, 1.165) is 15.6 Å². The highest BCUT2D eigenvalue weighted by molar-refractivity contribution is 9.10. The number of hydrogen-bond donors (Lipinski definition) is 1. The Kier molecular flexibility index (Phi) is 4.91. The van der Waals surface area contributed by atoms with Crippen LogP contribution in [0, 0.1) is 19.7 Å². The van der Waals surface area contributed by atoms with Crippen LogP contribution >= 0.6 is 27.5 Å². The fraction of sp³-hybridized carbons (Fsp3) is 0.250. The molecule has 21 heavy (non-hydrogen) atoms. The molecule has 2 rings (SSSR count). The molecule has 0 aliphatic carbocycles. The zero-order valence-corrected chi connectivity index (χ0v) is 14.2. The van der Waals surface area contributed by atoms with Crippen molar-refractivity contribution in [2.24, 2.45) is 0 Å². The highest BCUT2D eigenvalue weighted by Crippen LogP contribution is 2.39. The summed E-state index contributed by atoms with van der Waals surface area (Å²) in [5.41, 5.74) is 2.93. The highest BCUT2D eigenvalue weighted by atomic mass is 79.9. The summed E-state index contributed by atoms with van der Waals surface area (Å²) in [7, 11) is 1.56. The molecule has 2 aromatic carbocycles. The zero-order chi connectivity index (χ0) is 15.7. The van der Waals surface area contributed by atoms with E-state index in [-0.39, 0.29) is 5.02 Å². The number of methoxy groups -OCH3 is 1. The standard InChI is InChI=1S/C16H15BrClFO2/c1-8-6-11(17)9(2)14(16(8)21-3)15(20)10-4-5-13(19)12(18)7-10/h4-7,15,20H,1-3H3. The van der Waals surface area contributed by atoms with Gasteiger partial charge < -0.3 is 9.84 Å². The van der Waals surface area contributed by atoms with Gasteiger partial charge in [-0.05, 0) is 48.7 Å². The lowest BCUT2D eigenvalue weighted by molar-refractivity contribution is 0.213. The molecule has 1 atom stereocenters. The van der Waals surface area contributed by atoms with Crippen molar-refractivity contribution in [1.29, 1.82) is 0 Å². The van der Waals surface area contributed by atoms with Crippen LogP contribution in [0.1, 0.15) is 28.4 Å². The quantitative estimate of drug-likeness (QED) is 0.825. The number of aliphatic hydroxyl groups is 1. The first-order chi connectivity index (χ1) is 9.86. The molecule has 0 saturated carbocycles. The molecule has 0 saturated heterocycles. The van der Waals surface area contributed by atoms with Gasteiger partial charge in [0.05, 0.1) is 12.1 Å². The predicted octanol–water partition coefficient (Wildman–Crippen LogP) is 4.95. The lowest BCUT2D eigenvalue weighted by Crippen LogP contribution is -2.07. The third kappa shape index (κ3) is 3.07. The molecule has 0 spiro atoms. The van der Waals surface area contributed by atoms with Crippen LogP contribution in [0.3, 0.4) is 0 Å². The fourth-order valence-corrected chi connectivity index (χ4v) is 3.07. The van der Waals surface area contributed by atoms with E-state index in [4.69, 9.17) is 16.3 Å². The van der Waals surface area contributed by atoms with Crippen molar-refractivity contribution in [3.05, 3.63) is 61.8 Å². The monoisotopic (exact) mass is 372 g/mol. The lowest BCUT2D eigenvalue weighted by Gasteiger charge is -2.21.